The van der Waals surface area contributed by atoms with Crippen LogP contribution in [0.5, 0.6) is 11.5 Å². The number of hydrogen-bond acceptors (Lipinski definition) is 4. The van der Waals surface area contributed by atoms with Crippen molar-refractivity contribution in [2.45, 2.75) is 45.3 Å². The molecule has 0 bridgehead atoms. The molecule has 2 N–H and O–H groups in total. The Hall–Kier alpha value is -2.31. The van der Waals surface area contributed by atoms with Crippen molar-refractivity contribution < 1.29 is 19.1 Å². The van der Waals surface area contributed by atoms with E-state index in [1.165, 1.54) is 0 Å². The van der Waals surface area contributed by atoms with Crippen LogP contribution in [0, 0.1) is 0 Å². The lowest BCUT2D eigenvalue weighted by Crippen LogP contribution is -2.43. The zero-order valence-corrected chi connectivity index (χ0v) is 18.4. The van der Waals surface area contributed by atoms with Crippen LogP contribution in [-0.2, 0) is 0 Å². The maximum Gasteiger partial charge on any atom is 0.255 e. The molecule has 0 aromatic heterocycles. The second-order valence-corrected chi connectivity index (χ2v) is 13.0. The number of amides is 1. The van der Waals surface area contributed by atoms with Gasteiger partial charge in [-0.3, -0.25) is 4.79 Å². The summed E-state index contributed by atoms with van der Waals surface area (Å²) in [5, 5.41) is 11.8. The first kappa shape index (κ1) is 22.0. The number of hydrogen-bond donors (Lipinski definition) is 2. The molecule has 0 radical (unpaired) electrons. The van der Waals surface area contributed by atoms with Crippen LogP contribution in [0.15, 0.2) is 48.5 Å². The Kier molecular flexibility index (Phi) is 7.27. The molecule has 2 rings (SSSR count). The number of anilines is 1. The van der Waals surface area contributed by atoms with Crippen LogP contribution in [0.4, 0.5) is 5.69 Å². The molecule has 0 aliphatic heterocycles. The highest BCUT2D eigenvalue weighted by molar-refractivity contribution is 6.74. The van der Waals surface area contributed by atoms with Gasteiger partial charge in [-0.05, 0) is 54.5 Å². The summed E-state index contributed by atoms with van der Waals surface area (Å²) in [7, 11) is -1.94. The van der Waals surface area contributed by atoms with E-state index < -0.39 is 8.32 Å². The largest absolute Gasteiger partial charge is 0.543 e. The summed E-state index contributed by atoms with van der Waals surface area (Å²) in [6.45, 7) is 11.5. The molecule has 0 aliphatic rings. The molecule has 0 aliphatic carbocycles. The highest BCUT2D eigenvalue weighted by Crippen LogP contribution is 2.37. The van der Waals surface area contributed by atoms with Crippen LogP contribution in [-0.4, -0.2) is 32.5 Å². The van der Waals surface area contributed by atoms with E-state index in [4.69, 9.17) is 14.3 Å². The van der Waals surface area contributed by atoms with E-state index in [9.17, 15) is 4.79 Å². The molecule has 5 nitrogen and oxygen atoms in total. The van der Waals surface area contributed by atoms with Gasteiger partial charge in [0.2, 0.25) is 8.32 Å². The fourth-order valence-electron chi connectivity index (χ4n) is 2.25. The van der Waals surface area contributed by atoms with Gasteiger partial charge in [0, 0.05) is 30.3 Å². The van der Waals surface area contributed by atoms with Crippen molar-refractivity contribution in [1.29, 1.82) is 0 Å². The smallest absolute Gasteiger partial charge is 0.255 e. The third-order valence-corrected chi connectivity index (χ3v) is 9.32. The van der Waals surface area contributed by atoms with Crippen molar-refractivity contribution in [1.82, 2.24) is 0 Å². The predicted molar refractivity (Wildman–Crippen MR) is 116 cm³/mol. The van der Waals surface area contributed by atoms with Crippen molar-refractivity contribution in [3.05, 3.63) is 54.1 Å². The van der Waals surface area contributed by atoms with Gasteiger partial charge in [-0.15, -0.1) is 0 Å². The number of benzene rings is 2. The predicted octanol–water partition coefficient (Wildman–Crippen LogP) is 5.08. The number of carbonyl (C=O) groups is 1. The number of nitrogens with one attached hydrogen (secondary N) is 1. The van der Waals surface area contributed by atoms with Crippen molar-refractivity contribution in [2.75, 3.05) is 18.5 Å². The van der Waals surface area contributed by atoms with Crippen molar-refractivity contribution in [3.63, 3.8) is 0 Å². The van der Waals surface area contributed by atoms with E-state index in [1.54, 1.807) is 24.3 Å². The second-order valence-electron chi connectivity index (χ2n) is 8.29. The van der Waals surface area contributed by atoms with Crippen LogP contribution in [0.3, 0.4) is 0 Å². The number of aliphatic hydroxyl groups excluding tert-OH is 1. The Morgan fingerprint density at radius 1 is 1.07 bits per heavy atom. The SMILES string of the molecule is CC(C)(C)[Si](C)(C)Oc1cccc(NC(=O)c2ccc(OCCCO)cc2)c1. The summed E-state index contributed by atoms with van der Waals surface area (Å²) in [5.74, 6) is 1.26. The monoisotopic (exact) mass is 401 g/mol. The maximum absolute atomic E-state index is 12.5. The molecular formula is C22H31NO4Si. The van der Waals surface area contributed by atoms with Crippen molar-refractivity contribution in [3.8, 4) is 11.5 Å². The second kappa shape index (κ2) is 9.25. The maximum atomic E-state index is 12.5. The van der Waals surface area contributed by atoms with Crippen LogP contribution in [0.25, 0.3) is 0 Å². The van der Waals surface area contributed by atoms with Crippen molar-refractivity contribution in [2.24, 2.45) is 0 Å². The fourth-order valence-corrected chi connectivity index (χ4v) is 3.27. The molecule has 2 aromatic rings. The quantitative estimate of drug-likeness (QED) is 0.478. The first-order chi connectivity index (χ1) is 13.1. The molecule has 0 fully saturated rings. The molecule has 2 aromatic carbocycles. The Bertz CT molecular complexity index is 782. The Morgan fingerprint density at radius 2 is 1.75 bits per heavy atom. The Morgan fingerprint density at radius 3 is 2.36 bits per heavy atom. The molecular weight excluding hydrogens is 370 g/mol. The molecule has 28 heavy (non-hydrogen) atoms. The molecule has 6 heteroatoms. The minimum atomic E-state index is -1.94. The number of rotatable bonds is 8. The minimum absolute atomic E-state index is 0.0959. The summed E-state index contributed by atoms with van der Waals surface area (Å²) >= 11 is 0. The normalized spacial score (nSPS) is 11.8. The topological polar surface area (TPSA) is 67.8 Å². The summed E-state index contributed by atoms with van der Waals surface area (Å²) in [5.41, 5.74) is 1.25. The zero-order chi connectivity index (χ0) is 20.8. The lowest BCUT2D eigenvalue weighted by atomic mass is 10.2. The van der Waals surface area contributed by atoms with Crippen molar-refractivity contribution >= 4 is 19.9 Å². The molecule has 0 heterocycles. The highest BCUT2D eigenvalue weighted by atomic mass is 28.4. The summed E-state index contributed by atoms with van der Waals surface area (Å²) in [6.07, 6.45) is 0.579. The van der Waals surface area contributed by atoms with Crippen LogP contribution >= 0.6 is 0 Å². The van der Waals surface area contributed by atoms with Gasteiger partial charge in [-0.2, -0.15) is 0 Å². The Balaban J connectivity index is 2.02. The number of carbonyl (C=O) groups excluding carboxylic acids is 1. The van der Waals surface area contributed by atoms with E-state index in [1.807, 2.05) is 24.3 Å². The van der Waals surface area contributed by atoms with Crippen LogP contribution in [0.2, 0.25) is 18.1 Å². The minimum Gasteiger partial charge on any atom is -0.543 e. The molecule has 0 saturated heterocycles. The molecule has 1 amide bonds. The third-order valence-electron chi connectivity index (χ3n) is 4.96. The van der Waals surface area contributed by atoms with E-state index in [0.29, 0.717) is 30.0 Å². The van der Waals surface area contributed by atoms with Gasteiger partial charge in [0.15, 0.2) is 0 Å². The van der Waals surface area contributed by atoms with Gasteiger partial charge in [0.25, 0.3) is 5.91 Å². The lowest BCUT2D eigenvalue weighted by molar-refractivity contribution is 0.102. The highest BCUT2D eigenvalue weighted by Gasteiger charge is 2.38. The summed E-state index contributed by atoms with van der Waals surface area (Å²) in [4.78, 5) is 12.5. The molecule has 0 spiro atoms. The van der Waals surface area contributed by atoms with Gasteiger partial charge in [0.05, 0.1) is 6.61 Å². The summed E-state index contributed by atoms with van der Waals surface area (Å²) in [6, 6.07) is 14.5. The third kappa shape index (κ3) is 6.11. The van der Waals surface area contributed by atoms with Gasteiger partial charge in [0.1, 0.15) is 11.5 Å². The molecule has 152 valence electrons. The van der Waals surface area contributed by atoms with Gasteiger partial charge in [-0.1, -0.05) is 26.8 Å². The molecule has 0 unspecified atom stereocenters. The molecule has 0 atom stereocenters. The fraction of sp³-hybridized carbons (Fsp3) is 0.409. The standard InChI is InChI=1S/C22H31NO4Si/c1-22(2,3)28(4,5)27-20-9-6-8-18(16-20)23-21(25)17-10-12-19(13-11-17)26-15-7-14-24/h6,8-13,16,24H,7,14-15H2,1-5H3,(H,23,25). The first-order valence-corrected chi connectivity index (χ1v) is 12.5. The van der Waals surface area contributed by atoms with Gasteiger partial charge in [-0.25, -0.2) is 0 Å². The van der Waals surface area contributed by atoms with Crippen LogP contribution < -0.4 is 14.5 Å². The average molecular weight is 402 g/mol. The van der Waals surface area contributed by atoms with E-state index in [0.717, 1.165) is 5.75 Å². The average Bonchev–Trinajstić information content (AvgIpc) is 2.61. The Labute approximate surface area is 168 Å². The number of aliphatic hydroxyl groups is 1. The zero-order valence-electron chi connectivity index (χ0n) is 17.4. The van der Waals surface area contributed by atoms with E-state index >= 15 is 0 Å². The lowest BCUT2D eigenvalue weighted by Gasteiger charge is -2.36. The number of ether oxygens (including phenoxy) is 1. The van der Waals surface area contributed by atoms with E-state index in [2.05, 4.69) is 39.2 Å². The van der Waals surface area contributed by atoms with E-state index in [-0.39, 0.29) is 17.6 Å². The summed E-state index contributed by atoms with van der Waals surface area (Å²) < 4.78 is 11.8. The molecule has 0 saturated carbocycles. The first-order valence-electron chi connectivity index (χ1n) is 9.56. The van der Waals surface area contributed by atoms with Gasteiger partial charge >= 0.3 is 0 Å². The van der Waals surface area contributed by atoms with Crippen LogP contribution in [0.1, 0.15) is 37.6 Å². The van der Waals surface area contributed by atoms with Gasteiger partial charge < -0.3 is 19.6 Å².